The van der Waals surface area contributed by atoms with Crippen molar-refractivity contribution in [1.82, 2.24) is 0 Å². The molecule has 15 heavy (non-hydrogen) atoms. The number of benzene rings is 1. The summed E-state index contributed by atoms with van der Waals surface area (Å²) in [5.74, 6) is -0.680. The van der Waals surface area contributed by atoms with Crippen LogP contribution >= 0.6 is 0 Å². The molecule has 1 aliphatic carbocycles. The first-order valence-corrected chi connectivity index (χ1v) is 5.28. The SMILES string of the molecule is OC(CCc1cc(F)cc(F)c1)C1CC1. The number of hydrogen-bond donors (Lipinski definition) is 1. The van der Waals surface area contributed by atoms with Crippen molar-refractivity contribution in [1.29, 1.82) is 0 Å². The molecule has 1 fully saturated rings. The van der Waals surface area contributed by atoms with Gasteiger partial charge < -0.3 is 5.11 Å². The Balaban J connectivity index is 1.91. The fourth-order valence-electron chi connectivity index (χ4n) is 1.79. The number of aliphatic hydroxyl groups is 1. The van der Waals surface area contributed by atoms with Crippen LogP contribution in [0.15, 0.2) is 18.2 Å². The summed E-state index contributed by atoms with van der Waals surface area (Å²) in [4.78, 5) is 0. The Labute approximate surface area is 87.7 Å². The van der Waals surface area contributed by atoms with Crippen LogP contribution in [0.25, 0.3) is 0 Å². The van der Waals surface area contributed by atoms with Gasteiger partial charge in [-0.1, -0.05) is 0 Å². The molecule has 0 heterocycles. The maximum atomic E-state index is 12.8. The first-order valence-electron chi connectivity index (χ1n) is 5.28. The van der Waals surface area contributed by atoms with Gasteiger partial charge in [0.2, 0.25) is 0 Å². The molecule has 1 unspecified atom stereocenters. The molecule has 1 nitrogen and oxygen atoms in total. The van der Waals surface area contributed by atoms with Gasteiger partial charge in [-0.2, -0.15) is 0 Å². The summed E-state index contributed by atoms with van der Waals surface area (Å²) >= 11 is 0. The molecule has 0 amide bonds. The van der Waals surface area contributed by atoms with E-state index in [1.54, 1.807) is 0 Å². The van der Waals surface area contributed by atoms with Crippen LogP contribution in [0.3, 0.4) is 0 Å². The Morgan fingerprint density at radius 1 is 1.20 bits per heavy atom. The lowest BCUT2D eigenvalue weighted by Crippen LogP contribution is -2.10. The molecule has 0 bridgehead atoms. The molecular weight excluding hydrogens is 198 g/mol. The standard InChI is InChI=1S/C12H14F2O/c13-10-5-8(6-11(14)7-10)1-4-12(15)9-2-3-9/h5-7,9,12,15H,1-4H2. The number of rotatable bonds is 4. The van der Waals surface area contributed by atoms with Crippen LogP contribution in [0.1, 0.15) is 24.8 Å². The summed E-state index contributed by atoms with van der Waals surface area (Å²) in [6, 6.07) is 3.51. The highest BCUT2D eigenvalue weighted by Crippen LogP contribution is 2.34. The van der Waals surface area contributed by atoms with Gasteiger partial charge in [-0.15, -0.1) is 0 Å². The molecule has 0 aromatic heterocycles. The predicted octanol–water partition coefficient (Wildman–Crippen LogP) is 2.67. The van der Waals surface area contributed by atoms with Crippen LogP contribution < -0.4 is 0 Å². The summed E-state index contributed by atoms with van der Waals surface area (Å²) in [5, 5.41) is 9.60. The Morgan fingerprint density at radius 3 is 2.33 bits per heavy atom. The summed E-state index contributed by atoms with van der Waals surface area (Å²) in [5.41, 5.74) is 0.618. The van der Waals surface area contributed by atoms with Gasteiger partial charge in [0.25, 0.3) is 0 Å². The predicted molar refractivity (Wildman–Crippen MR) is 53.4 cm³/mol. The molecular formula is C12H14F2O. The van der Waals surface area contributed by atoms with E-state index in [2.05, 4.69) is 0 Å². The highest BCUT2D eigenvalue weighted by Gasteiger charge is 2.29. The van der Waals surface area contributed by atoms with Crippen LogP contribution in [0, 0.1) is 17.6 Å². The fourth-order valence-corrected chi connectivity index (χ4v) is 1.79. The Bertz CT molecular complexity index is 327. The lowest BCUT2D eigenvalue weighted by atomic mass is 10.0. The van der Waals surface area contributed by atoms with E-state index in [0.717, 1.165) is 18.9 Å². The molecule has 3 heteroatoms. The van der Waals surface area contributed by atoms with Crippen molar-refractivity contribution in [3.8, 4) is 0 Å². The monoisotopic (exact) mass is 212 g/mol. The van der Waals surface area contributed by atoms with Crippen LogP contribution in [0.5, 0.6) is 0 Å². The molecule has 2 rings (SSSR count). The van der Waals surface area contributed by atoms with Crippen molar-refractivity contribution in [3.63, 3.8) is 0 Å². The quantitative estimate of drug-likeness (QED) is 0.813. The van der Waals surface area contributed by atoms with E-state index in [-0.39, 0.29) is 6.10 Å². The van der Waals surface area contributed by atoms with Crippen molar-refractivity contribution < 1.29 is 13.9 Å². The maximum Gasteiger partial charge on any atom is 0.126 e. The van der Waals surface area contributed by atoms with E-state index in [1.165, 1.54) is 12.1 Å². The summed E-state index contributed by atoms with van der Waals surface area (Å²) in [6.45, 7) is 0. The molecule has 82 valence electrons. The lowest BCUT2D eigenvalue weighted by Gasteiger charge is -2.08. The third-order valence-corrected chi connectivity index (χ3v) is 2.82. The van der Waals surface area contributed by atoms with Gasteiger partial charge in [-0.05, 0) is 49.3 Å². The second kappa shape index (κ2) is 4.27. The van der Waals surface area contributed by atoms with E-state index >= 15 is 0 Å². The Morgan fingerprint density at radius 2 is 1.80 bits per heavy atom. The fraction of sp³-hybridized carbons (Fsp3) is 0.500. The zero-order chi connectivity index (χ0) is 10.8. The second-order valence-corrected chi connectivity index (χ2v) is 4.22. The molecule has 1 atom stereocenters. The first kappa shape index (κ1) is 10.6. The maximum absolute atomic E-state index is 12.8. The first-order chi connectivity index (χ1) is 7.15. The minimum atomic E-state index is -0.550. The zero-order valence-corrected chi connectivity index (χ0v) is 8.42. The topological polar surface area (TPSA) is 20.2 Å². The van der Waals surface area contributed by atoms with E-state index < -0.39 is 11.6 Å². The molecule has 0 radical (unpaired) electrons. The van der Waals surface area contributed by atoms with Gasteiger partial charge >= 0.3 is 0 Å². The summed E-state index contributed by atoms with van der Waals surface area (Å²) < 4.78 is 25.6. The second-order valence-electron chi connectivity index (χ2n) is 4.22. The van der Waals surface area contributed by atoms with Gasteiger partial charge in [0.05, 0.1) is 6.10 Å². The van der Waals surface area contributed by atoms with Crippen molar-refractivity contribution in [2.45, 2.75) is 31.8 Å². The van der Waals surface area contributed by atoms with E-state index in [4.69, 9.17) is 0 Å². The summed E-state index contributed by atoms with van der Waals surface area (Å²) in [6.07, 6.45) is 2.98. The highest BCUT2D eigenvalue weighted by molar-refractivity contribution is 5.18. The largest absolute Gasteiger partial charge is 0.393 e. The number of aliphatic hydroxyl groups excluding tert-OH is 1. The smallest absolute Gasteiger partial charge is 0.126 e. The van der Waals surface area contributed by atoms with Gasteiger partial charge in [-0.25, -0.2) is 8.78 Å². The van der Waals surface area contributed by atoms with Crippen molar-refractivity contribution >= 4 is 0 Å². The van der Waals surface area contributed by atoms with Gasteiger partial charge in [0, 0.05) is 6.07 Å². The highest BCUT2D eigenvalue weighted by atomic mass is 19.1. The zero-order valence-electron chi connectivity index (χ0n) is 8.42. The van der Waals surface area contributed by atoms with Crippen LogP contribution in [-0.4, -0.2) is 11.2 Å². The van der Waals surface area contributed by atoms with Crippen molar-refractivity contribution in [2.24, 2.45) is 5.92 Å². The molecule has 1 aliphatic rings. The normalized spacial score (nSPS) is 17.8. The Hall–Kier alpha value is -0.960. The van der Waals surface area contributed by atoms with Crippen molar-refractivity contribution in [2.75, 3.05) is 0 Å². The molecule has 0 spiro atoms. The van der Waals surface area contributed by atoms with Gasteiger partial charge in [0.15, 0.2) is 0 Å². The van der Waals surface area contributed by atoms with Gasteiger partial charge in [-0.3, -0.25) is 0 Å². The molecule has 1 aromatic rings. The number of hydrogen-bond acceptors (Lipinski definition) is 1. The third-order valence-electron chi connectivity index (χ3n) is 2.82. The third kappa shape index (κ3) is 2.99. The molecule has 1 aromatic carbocycles. The van der Waals surface area contributed by atoms with Crippen LogP contribution in [0.2, 0.25) is 0 Å². The molecule has 1 N–H and O–H groups in total. The van der Waals surface area contributed by atoms with E-state index in [9.17, 15) is 13.9 Å². The lowest BCUT2D eigenvalue weighted by molar-refractivity contribution is 0.142. The van der Waals surface area contributed by atoms with E-state index in [0.29, 0.717) is 24.3 Å². The van der Waals surface area contributed by atoms with Gasteiger partial charge in [0.1, 0.15) is 11.6 Å². The number of halogens is 2. The van der Waals surface area contributed by atoms with E-state index in [1.807, 2.05) is 0 Å². The molecule has 0 aliphatic heterocycles. The van der Waals surface area contributed by atoms with Crippen LogP contribution in [-0.2, 0) is 6.42 Å². The number of aryl methyl sites for hydroxylation is 1. The minimum absolute atomic E-state index is 0.309. The average Bonchev–Trinajstić information content (AvgIpc) is 2.95. The molecule has 1 saturated carbocycles. The minimum Gasteiger partial charge on any atom is -0.393 e. The molecule has 0 saturated heterocycles. The summed E-state index contributed by atoms with van der Waals surface area (Å²) in [7, 11) is 0. The van der Waals surface area contributed by atoms with Crippen LogP contribution in [0.4, 0.5) is 8.78 Å². The Kier molecular flexibility index (Phi) is 3.00. The van der Waals surface area contributed by atoms with Crippen molar-refractivity contribution in [3.05, 3.63) is 35.4 Å². The average molecular weight is 212 g/mol.